The van der Waals surface area contributed by atoms with Gasteiger partial charge in [0.25, 0.3) is 0 Å². The maximum Gasteiger partial charge on any atom is 0.243 e. The van der Waals surface area contributed by atoms with E-state index in [0.29, 0.717) is 13.1 Å². The molecule has 0 saturated carbocycles. The topological polar surface area (TPSA) is 40.6 Å². The zero-order valence-electron chi connectivity index (χ0n) is 18.7. The highest BCUT2D eigenvalue weighted by Crippen LogP contribution is 2.38. The third kappa shape index (κ3) is 5.21. The van der Waals surface area contributed by atoms with E-state index in [1.807, 2.05) is 4.90 Å². The Kier molecular flexibility index (Phi) is 7.28. The lowest BCUT2D eigenvalue weighted by Gasteiger charge is -2.38. The summed E-state index contributed by atoms with van der Waals surface area (Å²) in [7, 11) is 0. The first-order chi connectivity index (χ1) is 14.6. The molecule has 0 spiro atoms. The van der Waals surface area contributed by atoms with Gasteiger partial charge < -0.3 is 9.80 Å². The normalized spacial score (nSPS) is 17.1. The van der Waals surface area contributed by atoms with Gasteiger partial charge >= 0.3 is 0 Å². The molecule has 2 heterocycles. The minimum atomic E-state index is -0.682. The number of hydrogen-bond acceptors (Lipinski definition) is 3. The van der Waals surface area contributed by atoms with Gasteiger partial charge in [-0.1, -0.05) is 51.1 Å². The smallest absolute Gasteiger partial charge is 0.243 e. The number of rotatable bonds is 6. The van der Waals surface area contributed by atoms with E-state index in [1.165, 1.54) is 20.9 Å². The maximum absolute atomic E-state index is 13.4. The van der Waals surface area contributed by atoms with Crippen molar-refractivity contribution < 1.29 is 9.59 Å². The van der Waals surface area contributed by atoms with Gasteiger partial charge in [-0.3, -0.25) is 9.59 Å². The second-order valence-electron chi connectivity index (χ2n) is 9.03. The van der Waals surface area contributed by atoms with Crippen molar-refractivity contribution in [3.8, 4) is 0 Å². The minimum absolute atomic E-state index is 0.00203. The average Bonchev–Trinajstić information content (AvgIpc) is 3.20. The average molecular weight is 459 g/mol. The van der Waals surface area contributed by atoms with Crippen molar-refractivity contribution >= 4 is 34.8 Å². The number of nitrogens with zero attached hydrogens (tertiary/aromatic N) is 2. The third-order valence-electron chi connectivity index (χ3n) is 5.71. The lowest BCUT2D eigenvalue weighted by atomic mass is 9.85. The van der Waals surface area contributed by atoms with Gasteiger partial charge in [-0.2, -0.15) is 0 Å². The molecule has 1 aromatic heterocycles. The number of carbonyl (C=O) groups is 2. The SMILES string of the molecule is C=CCN(CC(=O)N1CCc2sccc2C1c1ccc(C(C)(C)C)cc1)C(=O)C(C)Cl. The Morgan fingerprint density at radius 1 is 1.29 bits per heavy atom. The fourth-order valence-electron chi connectivity index (χ4n) is 4.00. The largest absolute Gasteiger partial charge is 0.330 e. The van der Waals surface area contributed by atoms with Crippen LogP contribution in [0.1, 0.15) is 55.3 Å². The molecule has 1 aliphatic heterocycles. The molecule has 3 rings (SSSR count). The summed E-state index contributed by atoms with van der Waals surface area (Å²) in [6.07, 6.45) is 2.46. The number of halogens is 1. The van der Waals surface area contributed by atoms with E-state index in [4.69, 9.17) is 11.6 Å². The van der Waals surface area contributed by atoms with Crippen LogP contribution in [0.15, 0.2) is 48.4 Å². The number of alkyl halides is 1. The summed E-state index contributed by atoms with van der Waals surface area (Å²) in [5, 5.41) is 1.41. The molecule has 4 nitrogen and oxygen atoms in total. The quantitative estimate of drug-likeness (QED) is 0.443. The predicted molar refractivity (Wildman–Crippen MR) is 129 cm³/mol. The Morgan fingerprint density at radius 2 is 1.97 bits per heavy atom. The van der Waals surface area contributed by atoms with Gasteiger partial charge in [0.05, 0.1) is 6.04 Å². The number of hydrogen-bond donors (Lipinski definition) is 0. The summed E-state index contributed by atoms with van der Waals surface area (Å²) in [5.41, 5.74) is 3.60. The number of thiophene rings is 1. The summed E-state index contributed by atoms with van der Waals surface area (Å²) >= 11 is 7.75. The van der Waals surface area contributed by atoms with E-state index in [1.54, 1.807) is 24.3 Å². The molecule has 31 heavy (non-hydrogen) atoms. The van der Waals surface area contributed by atoms with Crippen molar-refractivity contribution in [3.05, 3.63) is 69.9 Å². The monoisotopic (exact) mass is 458 g/mol. The van der Waals surface area contributed by atoms with E-state index in [2.05, 4.69) is 63.1 Å². The van der Waals surface area contributed by atoms with Crippen molar-refractivity contribution in [1.29, 1.82) is 0 Å². The summed E-state index contributed by atoms with van der Waals surface area (Å²) in [4.78, 5) is 30.6. The second-order valence-corrected chi connectivity index (χ2v) is 10.7. The first kappa shape index (κ1) is 23.6. The van der Waals surface area contributed by atoms with Gasteiger partial charge in [0.15, 0.2) is 0 Å². The molecule has 0 aliphatic carbocycles. The van der Waals surface area contributed by atoms with Crippen molar-refractivity contribution in [2.24, 2.45) is 0 Å². The van der Waals surface area contributed by atoms with Gasteiger partial charge in [0, 0.05) is 18.0 Å². The Balaban J connectivity index is 1.92. The lowest BCUT2D eigenvalue weighted by molar-refractivity contribution is -0.141. The fraction of sp³-hybridized carbons (Fsp3) is 0.440. The number of benzene rings is 1. The molecule has 0 N–H and O–H groups in total. The molecule has 2 amide bonds. The van der Waals surface area contributed by atoms with E-state index in [9.17, 15) is 9.59 Å². The van der Waals surface area contributed by atoms with Gasteiger partial charge in [0.2, 0.25) is 11.8 Å². The fourth-order valence-corrected chi connectivity index (χ4v) is 5.05. The molecule has 166 valence electrons. The highest BCUT2D eigenvalue weighted by Gasteiger charge is 2.34. The zero-order valence-corrected chi connectivity index (χ0v) is 20.3. The molecule has 1 aromatic carbocycles. The number of carbonyl (C=O) groups excluding carboxylic acids is 2. The van der Waals surface area contributed by atoms with Gasteiger partial charge in [-0.05, 0) is 46.9 Å². The Labute approximate surface area is 194 Å². The molecule has 2 atom stereocenters. The van der Waals surface area contributed by atoms with Crippen LogP contribution < -0.4 is 0 Å². The third-order valence-corrected chi connectivity index (χ3v) is 6.89. The molecular formula is C25H31ClN2O2S. The minimum Gasteiger partial charge on any atom is -0.330 e. The molecule has 2 unspecified atom stereocenters. The second kappa shape index (κ2) is 9.58. The first-order valence-corrected chi connectivity index (χ1v) is 11.9. The van der Waals surface area contributed by atoms with Gasteiger partial charge in [-0.25, -0.2) is 0 Å². The molecule has 0 saturated heterocycles. The van der Waals surface area contributed by atoms with E-state index >= 15 is 0 Å². The predicted octanol–water partition coefficient (Wildman–Crippen LogP) is 5.16. The summed E-state index contributed by atoms with van der Waals surface area (Å²) in [5.74, 6) is -0.330. The molecule has 2 aromatic rings. The standard InChI is InChI=1S/C25H31ClN2O2S/c1-6-13-27(24(30)17(2)26)16-22(29)28-14-11-21-20(12-15-31-21)23(28)18-7-9-19(10-8-18)25(3,4)5/h6-10,12,15,17,23H,1,11,13-14,16H2,2-5H3. The van der Waals surface area contributed by atoms with Gasteiger partial charge in [-0.15, -0.1) is 29.5 Å². The Hall–Kier alpha value is -2.11. The molecular weight excluding hydrogens is 428 g/mol. The molecule has 0 radical (unpaired) electrons. The van der Waals surface area contributed by atoms with Crippen molar-refractivity contribution in [2.75, 3.05) is 19.6 Å². The lowest BCUT2D eigenvalue weighted by Crippen LogP contribution is -2.48. The zero-order chi connectivity index (χ0) is 22.8. The Morgan fingerprint density at radius 3 is 2.55 bits per heavy atom. The van der Waals surface area contributed by atoms with Crippen LogP contribution in [0.2, 0.25) is 0 Å². The van der Waals surface area contributed by atoms with Crippen LogP contribution in [0.25, 0.3) is 0 Å². The molecule has 6 heteroatoms. The van der Waals surface area contributed by atoms with E-state index < -0.39 is 5.38 Å². The summed E-state index contributed by atoms with van der Waals surface area (Å²) in [6.45, 7) is 12.8. The van der Waals surface area contributed by atoms with Crippen LogP contribution in [0, 0.1) is 0 Å². The van der Waals surface area contributed by atoms with Crippen molar-refractivity contribution in [2.45, 2.75) is 50.9 Å². The van der Waals surface area contributed by atoms with Crippen LogP contribution in [0.4, 0.5) is 0 Å². The highest BCUT2D eigenvalue weighted by molar-refractivity contribution is 7.10. The van der Waals surface area contributed by atoms with Gasteiger partial charge in [0.1, 0.15) is 11.9 Å². The summed E-state index contributed by atoms with van der Waals surface area (Å²) < 4.78 is 0. The van der Waals surface area contributed by atoms with Crippen LogP contribution in [0.5, 0.6) is 0 Å². The van der Waals surface area contributed by atoms with Crippen molar-refractivity contribution in [1.82, 2.24) is 9.80 Å². The highest BCUT2D eigenvalue weighted by atomic mass is 35.5. The number of amides is 2. The maximum atomic E-state index is 13.4. The van der Waals surface area contributed by atoms with Crippen LogP contribution in [0.3, 0.4) is 0 Å². The van der Waals surface area contributed by atoms with Crippen LogP contribution in [-0.4, -0.2) is 46.6 Å². The van der Waals surface area contributed by atoms with Crippen LogP contribution >= 0.6 is 22.9 Å². The molecule has 0 fully saturated rings. The Bertz CT molecular complexity index is 943. The molecule has 0 bridgehead atoms. The van der Waals surface area contributed by atoms with Crippen molar-refractivity contribution in [3.63, 3.8) is 0 Å². The first-order valence-electron chi connectivity index (χ1n) is 10.6. The van der Waals surface area contributed by atoms with E-state index in [-0.39, 0.29) is 29.8 Å². The molecule has 1 aliphatic rings. The number of fused-ring (bicyclic) bond motifs is 1. The summed E-state index contributed by atoms with van der Waals surface area (Å²) in [6, 6.07) is 10.5. The van der Waals surface area contributed by atoms with Crippen LogP contribution in [-0.2, 0) is 21.4 Å². The van der Waals surface area contributed by atoms with E-state index in [0.717, 1.165) is 12.0 Å².